The molecule has 0 aromatic heterocycles. The van der Waals surface area contributed by atoms with Gasteiger partial charge in [0.25, 0.3) is 5.91 Å². The number of rotatable bonds is 5. The smallest absolute Gasteiger partial charge is 0.303 e. The van der Waals surface area contributed by atoms with Gasteiger partial charge in [-0.15, -0.1) is 0 Å². The number of nitrogens with two attached hydrogens (primary N) is 1. The minimum absolute atomic E-state index is 0.0265. The van der Waals surface area contributed by atoms with Crippen LogP contribution >= 0.6 is 0 Å². The minimum Gasteiger partial charge on any atom is -0.481 e. The van der Waals surface area contributed by atoms with Crippen LogP contribution in [0.5, 0.6) is 0 Å². The fraction of sp³-hybridized carbons (Fsp3) is 0.500. The average molecular weight is 290 g/mol. The number of piperidine rings is 1. The second kappa shape index (κ2) is 7.22. The molecule has 114 valence electrons. The van der Waals surface area contributed by atoms with E-state index in [1.807, 2.05) is 29.2 Å². The van der Waals surface area contributed by atoms with Crippen LogP contribution in [-0.4, -0.2) is 35.0 Å². The number of carbonyl (C=O) groups is 2. The molecule has 0 saturated carbocycles. The average Bonchev–Trinajstić information content (AvgIpc) is 2.52. The summed E-state index contributed by atoms with van der Waals surface area (Å²) in [5.74, 6) is -0.448. The highest BCUT2D eigenvalue weighted by molar-refractivity contribution is 5.94. The first-order valence-electron chi connectivity index (χ1n) is 7.40. The first-order chi connectivity index (χ1) is 10.1. The van der Waals surface area contributed by atoms with Gasteiger partial charge in [-0.25, -0.2) is 0 Å². The number of amides is 1. The zero-order valence-corrected chi connectivity index (χ0v) is 12.1. The lowest BCUT2D eigenvalue weighted by Gasteiger charge is -2.32. The summed E-state index contributed by atoms with van der Waals surface area (Å²) in [5.41, 5.74) is 7.23. The van der Waals surface area contributed by atoms with E-state index < -0.39 is 5.97 Å². The molecule has 0 spiro atoms. The van der Waals surface area contributed by atoms with Crippen molar-refractivity contribution in [1.82, 2.24) is 4.90 Å². The number of carboxylic acid groups (broad SMARTS) is 1. The van der Waals surface area contributed by atoms with Gasteiger partial charge in [0.1, 0.15) is 0 Å². The Balaban J connectivity index is 1.96. The molecule has 0 radical (unpaired) electrons. The van der Waals surface area contributed by atoms with Crippen LogP contribution < -0.4 is 5.73 Å². The largest absolute Gasteiger partial charge is 0.481 e. The van der Waals surface area contributed by atoms with Crippen LogP contribution in [-0.2, 0) is 11.3 Å². The number of hydrogen-bond donors (Lipinski definition) is 2. The number of carboxylic acids is 1. The number of nitrogens with zero attached hydrogens (tertiary/aromatic N) is 1. The fourth-order valence-corrected chi connectivity index (χ4v) is 2.78. The molecule has 1 aliphatic heterocycles. The Morgan fingerprint density at radius 2 is 2.00 bits per heavy atom. The van der Waals surface area contributed by atoms with Crippen molar-refractivity contribution < 1.29 is 14.7 Å². The quantitative estimate of drug-likeness (QED) is 0.867. The molecular formula is C16H22N2O3. The van der Waals surface area contributed by atoms with Crippen molar-refractivity contribution in [3.63, 3.8) is 0 Å². The van der Waals surface area contributed by atoms with Gasteiger partial charge < -0.3 is 15.7 Å². The maximum absolute atomic E-state index is 12.5. The first kappa shape index (κ1) is 15.5. The van der Waals surface area contributed by atoms with Crippen LogP contribution in [0.3, 0.4) is 0 Å². The zero-order chi connectivity index (χ0) is 15.2. The number of aliphatic carboxylic acids is 1. The van der Waals surface area contributed by atoms with E-state index in [0.29, 0.717) is 31.0 Å². The molecule has 1 atom stereocenters. The first-order valence-corrected chi connectivity index (χ1v) is 7.40. The molecule has 1 aromatic rings. The molecule has 5 heteroatoms. The SMILES string of the molecule is NCc1ccc(C(=O)N2CCCC(CCC(=O)O)C2)cc1. The summed E-state index contributed by atoms with van der Waals surface area (Å²) >= 11 is 0. The third kappa shape index (κ3) is 4.29. The van der Waals surface area contributed by atoms with E-state index >= 15 is 0 Å². The lowest BCUT2D eigenvalue weighted by molar-refractivity contribution is -0.137. The summed E-state index contributed by atoms with van der Waals surface area (Å²) in [4.78, 5) is 25.0. The topological polar surface area (TPSA) is 83.6 Å². The van der Waals surface area contributed by atoms with Crippen LogP contribution in [0.15, 0.2) is 24.3 Å². The van der Waals surface area contributed by atoms with E-state index in [2.05, 4.69) is 0 Å². The molecule has 0 aliphatic carbocycles. The van der Waals surface area contributed by atoms with E-state index in [-0.39, 0.29) is 12.3 Å². The Labute approximate surface area is 124 Å². The van der Waals surface area contributed by atoms with Crippen molar-refractivity contribution in [2.24, 2.45) is 11.7 Å². The van der Waals surface area contributed by atoms with Crippen molar-refractivity contribution >= 4 is 11.9 Å². The molecule has 21 heavy (non-hydrogen) atoms. The monoisotopic (exact) mass is 290 g/mol. The molecule has 5 nitrogen and oxygen atoms in total. The van der Waals surface area contributed by atoms with Gasteiger partial charge in [-0.3, -0.25) is 9.59 Å². The number of benzene rings is 1. The fourth-order valence-electron chi connectivity index (χ4n) is 2.78. The van der Waals surface area contributed by atoms with Crippen LogP contribution in [0.2, 0.25) is 0 Å². The summed E-state index contributed by atoms with van der Waals surface area (Å²) in [6.45, 7) is 1.88. The molecule has 1 fully saturated rings. The standard InChI is InChI=1S/C16H22N2O3/c17-10-12-3-6-14(7-4-12)16(21)18-9-1-2-13(11-18)5-8-15(19)20/h3-4,6-7,13H,1-2,5,8-11,17H2,(H,19,20). The van der Waals surface area contributed by atoms with E-state index in [0.717, 1.165) is 24.9 Å². The van der Waals surface area contributed by atoms with Gasteiger partial charge in [0, 0.05) is 31.6 Å². The van der Waals surface area contributed by atoms with Crippen molar-refractivity contribution in [2.75, 3.05) is 13.1 Å². The van der Waals surface area contributed by atoms with Gasteiger partial charge >= 0.3 is 5.97 Å². The van der Waals surface area contributed by atoms with Crippen LogP contribution in [0, 0.1) is 5.92 Å². The molecule has 1 heterocycles. The Morgan fingerprint density at radius 3 is 2.62 bits per heavy atom. The molecule has 1 unspecified atom stereocenters. The van der Waals surface area contributed by atoms with E-state index in [9.17, 15) is 9.59 Å². The van der Waals surface area contributed by atoms with E-state index in [1.54, 1.807) is 0 Å². The summed E-state index contributed by atoms with van der Waals surface area (Å²) < 4.78 is 0. The maximum atomic E-state index is 12.5. The highest BCUT2D eigenvalue weighted by atomic mass is 16.4. The van der Waals surface area contributed by atoms with Crippen molar-refractivity contribution in [2.45, 2.75) is 32.2 Å². The van der Waals surface area contributed by atoms with Gasteiger partial charge in [0.15, 0.2) is 0 Å². The number of carbonyl (C=O) groups excluding carboxylic acids is 1. The molecule has 1 amide bonds. The lowest BCUT2D eigenvalue weighted by atomic mass is 9.93. The highest BCUT2D eigenvalue weighted by Gasteiger charge is 2.24. The Morgan fingerprint density at radius 1 is 1.29 bits per heavy atom. The Hall–Kier alpha value is -1.88. The molecule has 2 rings (SSSR count). The summed E-state index contributed by atoms with van der Waals surface area (Å²) in [6.07, 6.45) is 2.77. The van der Waals surface area contributed by atoms with Crippen LogP contribution in [0.4, 0.5) is 0 Å². The van der Waals surface area contributed by atoms with Crippen molar-refractivity contribution in [3.8, 4) is 0 Å². The molecule has 1 aliphatic rings. The third-order valence-electron chi connectivity index (χ3n) is 4.01. The molecular weight excluding hydrogens is 268 g/mol. The predicted octanol–water partition coefficient (Wildman–Crippen LogP) is 1.86. The summed E-state index contributed by atoms with van der Waals surface area (Å²) in [7, 11) is 0. The Bertz CT molecular complexity index is 499. The van der Waals surface area contributed by atoms with Gasteiger partial charge in [0.2, 0.25) is 0 Å². The summed E-state index contributed by atoms with van der Waals surface area (Å²) in [6, 6.07) is 7.37. The second-order valence-corrected chi connectivity index (χ2v) is 5.59. The van der Waals surface area contributed by atoms with Crippen LogP contribution in [0.25, 0.3) is 0 Å². The maximum Gasteiger partial charge on any atom is 0.303 e. The number of likely N-dealkylation sites (tertiary alicyclic amines) is 1. The van der Waals surface area contributed by atoms with Gasteiger partial charge in [-0.1, -0.05) is 12.1 Å². The summed E-state index contributed by atoms with van der Waals surface area (Å²) in [5, 5.41) is 8.76. The van der Waals surface area contributed by atoms with Crippen LogP contribution in [0.1, 0.15) is 41.6 Å². The van der Waals surface area contributed by atoms with Crippen molar-refractivity contribution in [1.29, 1.82) is 0 Å². The predicted molar refractivity (Wildman–Crippen MR) is 79.8 cm³/mol. The minimum atomic E-state index is -0.768. The normalized spacial score (nSPS) is 18.5. The second-order valence-electron chi connectivity index (χ2n) is 5.59. The van der Waals surface area contributed by atoms with Crippen molar-refractivity contribution in [3.05, 3.63) is 35.4 Å². The molecule has 1 aromatic carbocycles. The van der Waals surface area contributed by atoms with Gasteiger partial charge in [-0.2, -0.15) is 0 Å². The molecule has 1 saturated heterocycles. The zero-order valence-electron chi connectivity index (χ0n) is 12.1. The highest BCUT2D eigenvalue weighted by Crippen LogP contribution is 2.22. The van der Waals surface area contributed by atoms with E-state index in [4.69, 9.17) is 10.8 Å². The molecule has 0 bridgehead atoms. The van der Waals surface area contributed by atoms with Gasteiger partial charge in [-0.05, 0) is 42.9 Å². The Kier molecular flexibility index (Phi) is 5.33. The number of hydrogen-bond acceptors (Lipinski definition) is 3. The third-order valence-corrected chi connectivity index (χ3v) is 4.01. The lowest BCUT2D eigenvalue weighted by Crippen LogP contribution is -2.40. The van der Waals surface area contributed by atoms with Gasteiger partial charge in [0.05, 0.1) is 0 Å². The van der Waals surface area contributed by atoms with E-state index in [1.165, 1.54) is 0 Å². The molecule has 3 N–H and O–H groups in total.